The summed E-state index contributed by atoms with van der Waals surface area (Å²) in [5, 5.41) is 15.2. The fraction of sp³-hybridized carbons (Fsp3) is 0.160. The summed E-state index contributed by atoms with van der Waals surface area (Å²) in [5.74, 6) is -1.06. The highest BCUT2D eigenvalue weighted by molar-refractivity contribution is 7.10. The summed E-state index contributed by atoms with van der Waals surface area (Å²) < 4.78 is 0. The zero-order valence-electron chi connectivity index (χ0n) is 16.7. The third-order valence-electron chi connectivity index (χ3n) is 5.69. The number of pyridine rings is 1. The Morgan fingerprint density at radius 3 is 2.55 bits per heavy atom. The Kier molecular flexibility index (Phi) is 5.00. The number of aromatic carboxylic acids is 1. The Morgan fingerprint density at radius 2 is 1.74 bits per heavy atom. The lowest BCUT2D eigenvalue weighted by Crippen LogP contribution is -2.14. The van der Waals surface area contributed by atoms with E-state index in [1.165, 1.54) is 16.9 Å². The molecule has 1 aliphatic carbocycles. The molecule has 0 aliphatic heterocycles. The third-order valence-corrected chi connectivity index (χ3v) is 6.78. The van der Waals surface area contributed by atoms with E-state index in [-0.39, 0.29) is 11.5 Å². The van der Waals surface area contributed by atoms with Crippen LogP contribution >= 0.6 is 11.3 Å². The third kappa shape index (κ3) is 3.70. The number of hydrogen-bond acceptors (Lipinski definition) is 4. The van der Waals surface area contributed by atoms with Gasteiger partial charge in [-0.05, 0) is 55.5 Å². The molecule has 2 N–H and O–H groups in total. The molecule has 6 heteroatoms. The number of anilines is 1. The van der Waals surface area contributed by atoms with E-state index < -0.39 is 5.97 Å². The van der Waals surface area contributed by atoms with Crippen LogP contribution in [0.2, 0.25) is 0 Å². The first-order valence-corrected chi connectivity index (χ1v) is 11.1. The molecule has 4 aromatic rings. The summed E-state index contributed by atoms with van der Waals surface area (Å²) in [4.78, 5) is 30.5. The fourth-order valence-electron chi connectivity index (χ4n) is 4.11. The van der Waals surface area contributed by atoms with E-state index in [2.05, 4.69) is 10.3 Å². The van der Waals surface area contributed by atoms with Crippen LogP contribution in [-0.2, 0) is 12.8 Å². The smallest absolute Gasteiger partial charge is 0.336 e. The minimum atomic E-state index is -0.983. The molecule has 0 radical (unpaired) electrons. The first kappa shape index (κ1) is 19.5. The van der Waals surface area contributed by atoms with Crippen LogP contribution in [0.3, 0.4) is 0 Å². The van der Waals surface area contributed by atoms with Crippen LogP contribution in [0.15, 0.2) is 60.0 Å². The second-order valence-corrected chi connectivity index (χ2v) is 8.63. The van der Waals surface area contributed by atoms with Gasteiger partial charge >= 0.3 is 5.97 Å². The largest absolute Gasteiger partial charge is 0.478 e. The van der Waals surface area contributed by atoms with E-state index in [4.69, 9.17) is 0 Å². The molecule has 154 valence electrons. The van der Waals surface area contributed by atoms with Crippen molar-refractivity contribution in [3.8, 4) is 11.3 Å². The van der Waals surface area contributed by atoms with E-state index in [1.807, 2.05) is 35.7 Å². The van der Waals surface area contributed by atoms with Crippen LogP contribution < -0.4 is 5.32 Å². The van der Waals surface area contributed by atoms with Crippen molar-refractivity contribution < 1.29 is 14.7 Å². The highest BCUT2D eigenvalue weighted by Gasteiger charge is 2.20. The average Bonchev–Trinajstić information content (AvgIpc) is 3.23. The second-order valence-electron chi connectivity index (χ2n) is 7.67. The zero-order chi connectivity index (χ0) is 21.4. The second kappa shape index (κ2) is 7.96. The number of aryl methyl sites for hydroxylation is 1. The molecule has 5 nitrogen and oxygen atoms in total. The van der Waals surface area contributed by atoms with Gasteiger partial charge in [-0.1, -0.05) is 30.3 Å². The molecule has 0 spiro atoms. The number of nitrogens with zero attached hydrogens (tertiary/aromatic N) is 1. The summed E-state index contributed by atoms with van der Waals surface area (Å²) in [5.41, 5.74) is 4.92. The van der Waals surface area contributed by atoms with Crippen molar-refractivity contribution >= 4 is 39.8 Å². The molecule has 2 aromatic heterocycles. The molecule has 0 unspecified atom stereocenters. The van der Waals surface area contributed by atoms with Gasteiger partial charge in [0.25, 0.3) is 5.91 Å². The van der Waals surface area contributed by atoms with Gasteiger partial charge in [-0.2, -0.15) is 0 Å². The number of carboxylic acid groups (broad SMARTS) is 1. The van der Waals surface area contributed by atoms with Gasteiger partial charge in [0.05, 0.1) is 22.3 Å². The molecule has 0 atom stereocenters. The van der Waals surface area contributed by atoms with Crippen molar-refractivity contribution in [2.24, 2.45) is 0 Å². The van der Waals surface area contributed by atoms with E-state index in [0.29, 0.717) is 22.3 Å². The van der Waals surface area contributed by atoms with Crippen LogP contribution in [0.1, 0.15) is 44.0 Å². The highest BCUT2D eigenvalue weighted by Crippen LogP contribution is 2.31. The summed E-state index contributed by atoms with van der Waals surface area (Å²) in [7, 11) is 0. The summed E-state index contributed by atoms with van der Waals surface area (Å²) in [6, 6.07) is 16.1. The van der Waals surface area contributed by atoms with Crippen LogP contribution in [0, 0.1) is 0 Å². The van der Waals surface area contributed by atoms with Crippen molar-refractivity contribution in [1.82, 2.24) is 4.98 Å². The number of aromatic nitrogens is 1. The first-order chi connectivity index (χ1) is 15.1. The van der Waals surface area contributed by atoms with Gasteiger partial charge in [0.1, 0.15) is 0 Å². The number of carboxylic acids is 1. The Labute approximate surface area is 183 Å². The van der Waals surface area contributed by atoms with E-state index in [0.717, 1.165) is 30.4 Å². The normalized spacial score (nSPS) is 13.0. The molecular formula is C25H20N2O3S. The predicted molar refractivity (Wildman–Crippen MR) is 123 cm³/mol. The number of nitrogens with one attached hydrogen (secondary N) is 1. The molecule has 1 amide bonds. The minimum Gasteiger partial charge on any atom is -0.478 e. The number of carbonyl (C=O) groups is 2. The fourth-order valence-corrected chi connectivity index (χ4v) is 5.23. The number of thiophene rings is 1. The van der Waals surface area contributed by atoms with Crippen molar-refractivity contribution in [2.45, 2.75) is 25.7 Å². The number of para-hydroxylation sites is 1. The van der Waals surface area contributed by atoms with Crippen LogP contribution in [0.4, 0.5) is 5.69 Å². The number of amides is 1. The van der Waals surface area contributed by atoms with Crippen LogP contribution in [-0.4, -0.2) is 22.0 Å². The topological polar surface area (TPSA) is 79.3 Å². The van der Waals surface area contributed by atoms with Crippen molar-refractivity contribution in [3.63, 3.8) is 0 Å². The number of benzene rings is 2. The first-order valence-electron chi connectivity index (χ1n) is 10.2. The number of hydrogen-bond donors (Lipinski definition) is 2. The zero-order valence-corrected chi connectivity index (χ0v) is 17.5. The molecule has 2 heterocycles. The summed E-state index contributed by atoms with van der Waals surface area (Å²) in [6.45, 7) is 0. The minimum absolute atomic E-state index is 0.0795. The number of rotatable bonds is 4. The molecule has 0 saturated carbocycles. The molecule has 2 aromatic carbocycles. The van der Waals surface area contributed by atoms with Gasteiger partial charge in [-0.25, -0.2) is 9.78 Å². The SMILES string of the molecule is O=C(Nc1ccc(-c2cc(C(=O)O)c3ccccc3n2)cc1)c1csc2c1CCCC2. The van der Waals surface area contributed by atoms with Gasteiger partial charge in [0, 0.05) is 26.9 Å². The molecule has 5 rings (SSSR count). The lowest BCUT2D eigenvalue weighted by molar-refractivity contribution is 0.0698. The lowest BCUT2D eigenvalue weighted by Gasteiger charge is -2.13. The monoisotopic (exact) mass is 428 g/mol. The maximum absolute atomic E-state index is 12.8. The summed E-state index contributed by atoms with van der Waals surface area (Å²) in [6.07, 6.45) is 4.37. The molecule has 0 fully saturated rings. The maximum Gasteiger partial charge on any atom is 0.336 e. The number of carbonyl (C=O) groups excluding carboxylic acids is 1. The standard InChI is InChI=1S/C25H20N2O3S/c28-24(20-14-31-23-8-4-2-6-18(20)23)26-16-11-9-15(10-12-16)22-13-19(25(29)30)17-5-1-3-7-21(17)27-22/h1,3,5,7,9-14H,2,4,6,8H2,(H,26,28)(H,29,30). The lowest BCUT2D eigenvalue weighted by atomic mass is 9.95. The van der Waals surface area contributed by atoms with Crippen LogP contribution in [0.25, 0.3) is 22.2 Å². The van der Waals surface area contributed by atoms with Crippen LogP contribution in [0.5, 0.6) is 0 Å². The van der Waals surface area contributed by atoms with Crippen molar-refractivity contribution in [3.05, 3.63) is 81.5 Å². The van der Waals surface area contributed by atoms with Gasteiger partial charge in [0.15, 0.2) is 0 Å². The Morgan fingerprint density at radius 1 is 0.968 bits per heavy atom. The maximum atomic E-state index is 12.8. The number of fused-ring (bicyclic) bond motifs is 2. The Hall–Kier alpha value is -3.51. The molecule has 0 bridgehead atoms. The quantitative estimate of drug-likeness (QED) is 0.431. The van der Waals surface area contributed by atoms with Crippen molar-refractivity contribution in [1.29, 1.82) is 0 Å². The molecule has 31 heavy (non-hydrogen) atoms. The average molecular weight is 429 g/mol. The van der Waals surface area contributed by atoms with E-state index in [1.54, 1.807) is 35.6 Å². The highest BCUT2D eigenvalue weighted by atomic mass is 32.1. The van der Waals surface area contributed by atoms with Gasteiger partial charge in [-0.3, -0.25) is 4.79 Å². The molecular weight excluding hydrogens is 408 g/mol. The van der Waals surface area contributed by atoms with Gasteiger partial charge in [0.2, 0.25) is 0 Å². The van der Waals surface area contributed by atoms with E-state index >= 15 is 0 Å². The predicted octanol–water partition coefficient (Wildman–Crippen LogP) is 5.79. The summed E-state index contributed by atoms with van der Waals surface area (Å²) >= 11 is 1.68. The Bertz CT molecular complexity index is 1310. The van der Waals surface area contributed by atoms with Gasteiger partial charge < -0.3 is 10.4 Å². The Balaban J connectivity index is 1.41. The molecule has 1 aliphatic rings. The van der Waals surface area contributed by atoms with Crippen molar-refractivity contribution in [2.75, 3.05) is 5.32 Å². The van der Waals surface area contributed by atoms with E-state index in [9.17, 15) is 14.7 Å². The van der Waals surface area contributed by atoms with Gasteiger partial charge in [-0.15, -0.1) is 11.3 Å². The molecule has 0 saturated heterocycles.